The van der Waals surface area contributed by atoms with E-state index in [-0.39, 0.29) is 5.91 Å². The predicted molar refractivity (Wildman–Crippen MR) is 86.3 cm³/mol. The highest BCUT2D eigenvalue weighted by molar-refractivity contribution is 7.10. The maximum absolute atomic E-state index is 12.5. The van der Waals surface area contributed by atoms with Crippen molar-refractivity contribution >= 4 is 17.2 Å². The molecule has 0 unspecified atom stereocenters. The van der Waals surface area contributed by atoms with Gasteiger partial charge in [0.05, 0.1) is 6.54 Å². The predicted octanol–water partition coefficient (Wildman–Crippen LogP) is 1.83. The lowest BCUT2D eigenvalue weighted by Crippen LogP contribution is -2.46. The zero-order valence-corrected chi connectivity index (χ0v) is 13.6. The molecule has 0 spiro atoms. The van der Waals surface area contributed by atoms with E-state index in [1.54, 1.807) is 0 Å². The molecular formula is C16H25N3OS. The first-order chi connectivity index (χ1) is 10.1. The van der Waals surface area contributed by atoms with Crippen molar-refractivity contribution in [1.82, 2.24) is 9.80 Å². The molecule has 0 atom stereocenters. The lowest BCUT2D eigenvalue weighted by Gasteiger charge is -2.35. The average Bonchev–Trinajstić information content (AvgIpc) is 2.95. The summed E-state index contributed by atoms with van der Waals surface area (Å²) in [5.41, 5.74) is 7.30. The number of carbonyl (C=O) groups is 1. The van der Waals surface area contributed by atoms with Gasteiger partial charge in [-0.15, -0.1) is 11.3 Å². The van der Waals surface area contributed by atoms with E-state index in [0.717, 1.165) is 45.2 Å². The van der Waals surface area contributed by atoms with Crippen LogP contribution in [0.5, 0.6) is 0 Å². The van der Waals surface area contributed by atoms with Crippen molar-refractivity contribution in [2.75, 3.05) is 20.1 Å². The molecule has 1 saturated carbocycles. The first kappa shape index (κ1) is 15.0. The summed E-state index contributed by atoms with van der Waals surface area (Å²) in [6.07, 6.45) is 5.44. The van der Waals surface area contributed by atoms with Gasteiger partial charge in [-0.2, -0.15) is 0 Å². The zero-order valence-electron chi connectivity index (χ0n) is 12.8. The van der Waals surface area contributed by atoms with Gasteiger partial charge in [0, 0.05) is 30.1 Å². The molecule has 0 aromatic carbocycles. The molecule has 2 heterocycles. The summed E-state index contributed by atoms with van der Waals surface area (Å²) >= 11 is 1.82. The summed E-state index contributed by atoms with van der Waals surface area (Å²) in [6.45, 7) is 2.20. The minimum absolute atomic E-state index is 0.268. The Labute approximate surface area is 130 Å². The van der Waals surface area contributed by atoms with Crippen molar-refractivity contribution in [2.24, 2.45) is 5.73 Å². The maximum atomic E-state index is 12.5. The first-order valence-corrected chi connectivity index (χ1v) is 8.80. The van der Waals surface area contributed by atoms with E-state index in [9.17, 15) is 4.79 Å². The number of carbonyl (C=O) groups excluding carboxylic acids is 1. The van der Waals surface area contributed by atoms with Crippen LogP contribution in [-0.4, -0.2) is 47.9 Å². The number of rotatable bonds is 3. The summed E-state index contributed by atoms with van der Waals surface area (Å²) in [6, 6.07) is 3.05. The van der Waals surface area contributed by atoms with E-state index in [1.807, 2.05) is 16.2 Å². The van der Waals surface area contributed by atoms with Gasteiger partial charge >= 0.3 is 0 Å². The fourth-order valence-corrected chi connectivity index (χ4v) is 4.34. The molecule has 0 saturated heterocycles. The molecule has 4 nitrogen and oxygen atoms in total. The molecule has 0 radical (unpaired) electrons. The molecule has 2 N–H and O–H groups in total. The van der Waals surface area contributed by atoms with Crippen molar-refractivity contribution in [3.05, 3.63) is 21.9 Å². The molecule has 1 aromatic heterocycles. The maximum Gasteiger partial charge on any atom is 0.237 e. The molecule has 1 aromatic rings. The quantitative estimate of drug-likeness (QED) is 0.927. The van der Waals surface area contributed by atoms with Crippen molar-refractivity contribution < 1.29 is 4.79 Å². The number of hydrogen-bond donors (Lipinski definition) is 1. The lowest BCUT2D eigenvalue weighted by atomic mass is 9.91. The van der Waals surface area contributed by atoms with Crippen LogP contribution in [0.1, 0.15) is 36.1 Å². The van der Waals surface area contributed by atoms with Crippen LogP contribution in [0.25, 0.3) is 0 Å². The smallest absolute Gasteiger partial charge is 0.237 e. The Balaban J connectivity index is 1.52. The second kappa shape index (κ2) is 6.46. The van der Waals surface area contributed by atoms with Crippen molar-refractivity contribution in [1.29, 1.82) is 0 Å². The van der Waals surface area contributed by atoms with E-state index < -0.39 is 0 Å². The fraction of sp³-hybridized carbons (Fsp3) is 0.688. The summed E-state index contributed by atoms with van der Waals surface area (Å²) in [7, 11) is 2.08. The zero-order chi connectivity index (χ0) is 14.8. The van der Waals surface area contributed by atoms with Gasteiger partial charge in [-0.3, -0.25) is 9.69 Å². The summed E-state index contributed by atoms with van der Waals surface area (Å²) in [5.74, 6) is 0.268. The highest BCUT2D eigenvalue weighted by Gasteiger charge is 2.26. The van der Waals surface area contributed by atoms with Crippen LogP contribution >= 0.6 is 11.3 Å². The van der Waals surface area contributed by atoms with Gasteiger partial charge in [0.1, 0.15) is 0 Å². The van der Waals surface area contributed by atoms with Gasteiger partial charge in [0.15, 0.2) is 0 Å². The second-order valence-corrected chi connectivity index (χ2v) is 7.42. The molecule has 21 heavy (non-hydrogen) atoms. The fourth-order valence-electron chi connectivity index (χ4n) is 3.45. The monoisotopic (exact) mass is 307 g/mol. The Morgan fingerprint density at radius 2 is 2.19 bits per heavy atom. The Kier molecular flexibility index (Phi) is 4.62. The number of thiophene rings is 1. The van der Waals surface area contributed by atoms with Crippen molar-refractivity contribution in [3.63, 3.8) is 0 Å². The highest BCUT2D eigenvalue weighted by Crippen LogP contribution is 2.25. The first-order valence-electron chi connectivity index (χ1n) is 7.92. The van der Waals surface area contributed by atoms with Crippen LogP contribution in [0.4, 0.5) is 0 Å². The number of nitrogens with two attached hydrogens (primary N) is 1. The Hall–Kier alpha value is -0.910. The molecule has 1 fully saturated rings. The number of fused-ring (bicyclic) bond motifs is 1. The topological polar surface area (TPSA) is 49.6 Å². The molecule has 2 aliphatic rings. The number of hydrogen-bond acceptors (Lipinski definition) is 4. The Morgan fingerprint density at radius 1 is 1.43 bits per heavy atom. The molecule has 0 bridgehead atoms. The molecule has 3 rings (SSSR count). The van der Waals surface area contributed by atoms with Crippen LogP contribution < -0.4 is 5.73 Å². The second-order valence-electron chi connectivity index (χ2n) is 6.42. The highest BCUT2D eigenvalue weighted by atomic mass is 32.1. The third-order valence-electron chi connectivity index (χ3n) is 4.91. The van der Waals surface area contributed by atoms with Gasteiger partial charge in [-0.05, 0) is 56.2 Å². The lowest BCUT2D eigenvalue weighted by molar-refractivity contribution is -0.133. The molecule has 1 aliphatic heterocycles. The molecular weight excluding hydrogens is 282 g/mol. The van der Waals surface area contributed by atoms with Crippen LogP contribution in [0.3, 0.4) is 0 Å². The number of nitrogens with zero attached hydrogens (tertiary/aromatic N) is 2. The van der Waals surface area contributed by atoms with E-state index in [2.05, 4.69) is 23.4 Å². The van der Waals surface area contributed by atoms with Gasteiger partial charge < -0.3 is 10.6 Å². The standard InChI is InChI=1S/C16H25N3OS/c1-18(14-4-2-13(17)3-5-14)11-16(20)19-8-6-15-12(10-19)7-9-21-15/h7,9,13-14H,2-6,8,10-11,17H2,1H3. The summed E-state index contributed by atoms with van der Waals surface area (Å²) < 4.78 is 0. The van der Waals surface area contributed by atoms with Gasteiger partial charge in [-0.1, -0.05) is 0 Å². The van der Waals surface area contributed by atoms with Gasteiger partial charge in [0.25, 0.3) is 0 Å². The summed E-state index contributed by atoms with van der Waals surface area (Å²) in [5, 5.41) is 2.13. The molecule has 1 aliphatic carbocycles. The SMILES string of the molecule is CN(CC(=O)N1CCc2sccc2C1)C1CCC(N)CC1. The molecule has 5 heteroatoms. The largest absolute Gasteiger partial charge is 0.337 e. The van der Waals surface area contributed by atoms with E-state index in [4.69, 9.17) is 5.73 Å². The van der Waals surface area contributed by atoms with Crippen LogP contribution in [-0.2, 0) is 17.8 Å². The van der Waals surface area contributed by atoms with Gasteiger partial charge in [-0.25, -0.2) is 0 Å². The van der Waals surface area contributed by atoms with Gasteiger partial charge in [0.2, 0.25) is 5.91 Å². The third kappa shape index (κ3) is 3.47. The van der Waals surface area contributed by atoms with Crippen molar-refractivity contribution in [3.8, 4) is 0 Å². The number of likely N-dealkylation sites (N-methyl/N-ethyl adjacent to an activating group) is 1. The Morgan fingerprint density at radius 3 is 2.95 bits per heavy atom. The minimum Gasteiger partial charge on any atom is -0.337 e. The molecule has 116 valence electrons. The van der Waals surface area contributed by atoms with Crippen LogP contribution in [0, 0.1) is 0 Å². The van der Waals surface area contributed by atoms with E-state index >= 15 is 0 Å². The Bertz CT molecular complexity index is 493. The van der Waals surface area contributed by atoms with Crippen molar-refractivity contribution in [2.45, 2.75) is 50.7 Å². The molecule has 1 amide bonds. The third-order valence-corrected chi connectivity index (χ3v) is 5.93. The minimum atomic E-state index is 0.268. The van der Waals surface area contributed by atoms with Crippen LogP contribution in [0.2, 0.25) is 0 Å². The van der Waals surface area contributed by atoms with E-state index in [0.29, 0.717) is 18.6 Å². The van der Waals surface area contributed by atoms with Crippen LogP contribution in [0.15, 0.2) is 11.4 Å². The normalized spacial score (nSPS) is 26.0. The number of amides is 1. The average molecular weight is 307 g/mol. The summed E-state index contributed by atoms with van der Waals surface area (Å²) in [4.78, 5) is 18.2. The van der Waals surface area contributed by atoms with E-state index in [1.165, 1.54) is 10.4 Å².